The van der Waals surface area contributed by atoms with Crippen LogP contribution in [-0.4, -0.2) is 58.9 Å². The van der Waals surface area contributed by atoms with Crippen molar-refractivity contribution in [1.29, 1.82) is 0 Å². The number of pyridine rings is 1. The number of aromatic carboxylic acids is 1. The van der Waals surface area contributed by atoms with Crippen molar-refractivity contribution in [3.8, 4) is 0 Å². The van der Waals surface area contributed by atoms with E-state index in [1.165, 1.54) is 0 Å². The molecule has 0 bridgehead atoms. The number of hydrogen-bond donors (Lipinski definition) is 3. The molecule has 1 aliphatic heterocycles. The summed E-state index contributed by atoms with van der Waals surface area (Å²) in [6, 6.07) is 3.17. The van der Waals surface area contributed by atoms with Gasteiger partial charge in [-0.3, -0.25) is 0 Å². The molecule has 0 aliphatic carbocycles. The maximum atomic E-state index is 11.1. The maximum Gasteiger partial charge on any atom is 0.339 e. The number of likely N-dealkylation sites (tertiary alicyclic amines) is 1. The summed E-state index contributed by atoms with van der Waals surface area (Å²) in [4.78, 5) is 17.5. The number of carbonyl (C=O) groups is 1. The molecular formula is C15H23N3O3. The first-order valence-electron chi connectivity index (χ1n) is 7.46. The molecule has 6 nitrogen and oxygen atoms in total. The third-order valence-electron chi connectivity index (χ3n) is 3.84. The summed E-state index contributed by atoms with van der Waals surface area (Å²) in [5.74, 6) is -0.134. The van der Waals surface area contributed by atoms with Crippen LogP contribution in [-0.2, 0) is 0 Å². The summed E-state index contributed by atoms with van der Waals surface area (Å²) in [7, 11) is 0. The molecule has 0 radical (unpaired) electrons. The van der Waals surface area contributed by atoms with Gasteiger partial charge in [-0.2, -0.15) is 0 Å². The zero-order valence-electron chi connectivity index (χ0n) is 12.2. The highest BCUT2D eigenvalue weighted by Crippen LogP contribution is 2.16. The van der Waals surface area contributed by atoms with Crippen molar-refractivity contribution in [2.75, 3.05) is 38.1 Å². The minimum absolute atomic E-state index is 0.204. The fourth-order valence-electron chi connectivity index (χ4n) is 2.73. The van der Waals surface area contributed by atoms with E-state index in [1.807, 2.05) is 0 Å². The van der Waals surface area contributed by atoms with E-state index in [9.17, 15) is 9.90 Å². The number of piperidine rings is 1. The van der Waals surface area contributed by atoms with Crippen LogP contribution in [0.5, 0.6) is 0 Å². The second-order valence-electron chi connectivity index (χ2n) is 5.48. The Morgan fingerprint density at radius 2 is 2.38 bits per heavy atom. The zero-order valence-corrected chi connectivity index (χ0v) is 12.2. The van der Waals surface area contributed by atoms with Crippen LogP contribution in [0.1, 0.15) is 29.6 Å². The van der Waals surface area contributed by atoms with Crippen molar-refractivity contribution in [2.24, 2.45) is 5.92 Å². The van der Waals surface area contributed by atoms with Crippen LogP contribution in [0.4, 0.5) is 5.82 Å². The molecule has 6 heteroatoms. The van der Waals surface area contributed by atoms with Crippen molar-refractivity contribution < 1.29 is 15.0 Å². The van der Waals surface area contributed by atoms with Gasteiger partial charge >= 0.3 is 5.97 Å². The molecule has 0 saturated carbocycles. The monoisotopic (exact) mass is 293 g/mol. The average molecular weight is 293 g/mol. The number of aliphatic hydroxyl groups is 1. The molecule has 1 aromatic rings. The number of carboxylic acid groups (broad SMARTS) is 1. The van der Waals surface area contributed by atoms with Crippen LogP contribution in [0.2, 0.25) is 0 Å². The van der Waals surface area contributed by atoms with Gasteiger partial charge in [0.15, 0.2) is 0 Å². The van der Waals surface area contributed by atoms with Crippen LogP contribution in [0.15, 0.2) is 18.3 Å². The summed E-state index contributed by atoms with van der Waals surface area (Å²) in [5, 5.41) is 21.4. The van der Waals surface area contributed by atoms with Gasteiger partial charge in [0.05, 0.1) is 0 Å². The first-order valence-corrected chi connectivity index (χ1v) is 7.46. The highest BCUT2D eigenvalue weighted by molar-refractivity contribution is 5.92. The van der Waals surface area contributed by atoms with Gasteiger partial charge in [0.1, 0.15) is 11.4 Å². The molecule has 21 heavy (non-hydrogen) atoms. The SMILES string of the molecule is O=C(O)c1cccnc1NCCCN1CCCC(CO)C1. The lowest BCUT2D eigenvalue weighted by molar-refractivity contribution is 0.0697. The van der Waals surface area contributed by atoms with E-state index in [-0.39, 0.29) is 12.2 Å². The van der Waals surface area contributed by atoms with E-state index in [2.05, 4.69) is 15.2 Å². The molecule has 1 atom stereocenters. The molecule has 0 spiro atoms. The third-order valence-corrected chi connectivity index (χ3v) is 3.84. The summed E-state index contributed by atoms with van der Waals surface area (Å²) in [5.41, 5.74) is 0.204. The van der Waals surface area contributed by atoms with Crippen molar-refractivity contribution in [2.45, 2.75) is 19.3 Å². The van der Waals surface area contributed by atoms with E-state index in [0.717, 1.165) is 38.9 Å². The van der Waals surface area contributed by atoms with Crippen LogP contribution >= 0.6 is 0 Å². The molecule has 1 aliphatic rings. The Hall–Kier alpha value is -1.66. The normalized spacial score (nSPS) is 19.4. The topological polar surface area (TPSA) is 85.7 Å². The van der Waals surface area contributed by atoms with Crippen LogP contribution in [0.25, 0.3) is 0 Å². The van der Waals surface area contributed by atoms with Crippen LogP contribution < -0.4 is 5.32 Å². The molecular weight excluding hydrogens is 270 g/mol. The Morgan fingerprint density at radius 1 is 1.52 bits per heavy atom. The van der Waals surface area contributed by atoms with E-state index >= 15 is 0 Å². The minimum atomic E-state index is -0.965. The second kappa shape index (κ2) is 7.95. The fraction of sp³-hybridized carbons (Fsp3) is 0.600. The molecule has 1 saturated heterocycles. The average Bonchev–Trinajstić information content (AvgIpc) is 2.52. The molecule has 1 aromatic heterocycles. The van der Waals surface area contributed by atoms with Gasteiger partial charge in [-0.15, -0.1) is 0 Å². The Labute approximate surface area is 124 Å². The van der Waals surface area contributed by atoms with Crippen LogP contribution in [0, 0.1) is 5.92 Å². The number of nitrogens with zero attached hydrogens (tertiary/aromatic N) is 2. The first-order chi connectivity index (χ1) is 10.2. The van der Waals surface area contributed by atoms with Gasteiger partial charge in [-0.05, 0) is 50.4 Å². The van der Waals surface area contributed by atoms with Gasteiger partial charge < -0.3 is 20.4 Å². The number of aromatic nitrogens is 1. The number of carboxylic acids is 1. The molecule has 2 rings (SSSR count). The molecule has 3 N–H and O–H groups in total. The molecule has 2 heterocycles. The Balaban J connectivity index is 1.74. The zero-order chi connectivity index (χ0) is 15.1. The van der Waals surface area contributed by atoms with E-state index in [1.54, 1.807) is 18.3 Å². The predicted molar refractivity (Wildman–Crippen MR) is 80.6 cm³/mol. The second-order valence-corrected chi connectivity index (χ2v) is 5.48. The predicted octanol–water partition coefficient (Wildman–Crippen LogP) is 1.29. The van der Waals surface area contributed by atoms with Crippen LogP contribution in [0.3, 0.4) is 0 Å². The van der Waals surface area contributed by atoms with Crippen molar-refractivity contribution >= 4 is 11.8 Å². The fourth-order valence-corrected chi connectivity index (χ4v) is 2.73. The number of aliphatic hydroxyl groups excluding tert-OH is 1. The smallest absolute Gasteiger partial charge is 0.339 e. The van der Waals surface area contributed by atoms with Gasteiger partial charge in [0.25, 0.3) is 0 Å². The quantitative estimate of drug-likeness (QED) is 0.657. The number of hydrogen-bond acceptors (Lipinski definition) is 5. The van der Waals surface area contributed by atoms with E-state index in [0.29, 0.717) is 18.3 Å². The third kappa shape index (κ3) is 4.68. The lowest BCUT2D eigenvalue weighted by atomic mass is 9.99. The molecule has 1 fully saturated rings. The Kier molecular flexibility index (Phi) is 5.95. The summed E-state index contributed by atoms with van der Waals surface area (Å²) in [6.07, 6.45) is 4.77. The van der Waals surface area contributed by atoms with Crippen molar-refractivity contribution in [3.63, 3.8) is 0 Å². The Bertz CT molecular complexity index is 467. The van der Waals surface area contributed by atoms with Crippen molar-refractivity contribution in [1.82, 2.24) is 9.88 Å². The highest BCUT2D eigenvalue weighted by atomic mass is 16.4. The molecule has 0 aromatic carbocycles. The number of anilines is 1. The molecule has 116 valence electrons. The maximum absolute atomic E-state index is 11.1. The van der Waals surface area contributed by atoms with Gasteiger partial charge in [0, 0.05) is 25.9 Å². The lowest BCUT2D eigenvalue weighted by Crippen LogP contribution is -2.37. The first kappa shape index (κ1) is 15.7. The van der Waals surface area contributed by atoms with E-state index in [4.69, 9.17) is 5.11 Å². The van der Waals surface area contributed by atoms with Crippen molar-refractivity contribution in [3.05, 3.63) is 23.9 Å². The summed E-state index contributed by atoms with van der Waals surface area (Å²) >= 11 is 0. The number of rotatable bonds is 7. The van der Waals surface area contributed by atoms with Gasteiger partial charge in [-0.1, -0.05) is 0 Å². The molecule has 1 unspecified atom stereocenters. The number of nitrogens with one attached hydrogen (secondary N) is 1. The van der Waals surface area contributed by atoms with Gasteiger partial charge in [0.2, 0.25) is 0 Å². The lowest BCUT2D eigenvalue weighted by Gasteiger charge is -2.31. The largest absolute Gasteiger partial charge is 0.478 e. The minimum Gasteiger partial charge on any atom is -0.478 e. The summed E-state index contributed by atoms with van der Waals surface area (Å²) in [6.45, 7) is 3.96. The van der Waals surface area contributed by atoms with Gasteiger partial charge in [-0.25, -0.2) is 9.78 Å². The Morgan fingerprint density at radius 3 is 3.14 bits per heavy atom. The standard InChI is InChI=1S/C15H23N3O3/c19-11-12-4-2-8-18(10-12)9-3-7-17-14-13(15(20)21)5-1-6-16-14/h1,5-6,12,19H,2-4,7-11H2,(H,16,17)(H,20,21). The van der Waals surface area contributed by atoms with E-state index < -0.39 is 5.97 Å². The highest BCUT2D eigenvalue weighted by Gasteiger charge is 2.18. The summed E-state index contributed by atoms with van der Waals surface area (Å²) < 4.78 is 0. The molecule has 0 amide bonds.